The second-order valence-corrected chi connectivity index (χ2v) is 6.55. The van der Waals surface area contributed by atoms with Crippen LogP contribution in [-0.4, -0.2) is 72.0 Å². The number of ether oxygens (including phenoxy) is 1. The molecule has 1 N–H and O–H groups in total. The third-order valence-electron chi connectivity index (χ3n) is 4.38. The van der Waals surface area contributed by atoms with Crippen LogP contribution in [0.5, 0.6) is 0 Å². The van der Waals surface area contributed by atoms with E-state index in [1.807, 2.05) is 0 Å². The first-order valence-corrected chi connectivity index (χ1v) is 8.36. The molecule has 2 aliphatic rings. The van der Waals surface area contributed by atoms with Gasteiger partial charge in [-0.2, -0.15) is 0 Å². The van der Waals surface area contributed by atoms with E-state index >= 15 is 0 Å². The molecule has 0 saturated carbocycles. The smallest absolute Gasteiger partial charge is 0.229 e. The van der Waals surface area contributed by atoms with Crippen molar-refractivity contribution >= 4 is 17.7 Å². The van der Waals surface area contributed by atoms with E-state index in [1.54, 1.807) is 0 Å². The number of hydrogen-bond acceptors (Lipinski definition) is 5. The van der Waals surface area contributed by atoms with Crippen LogP contribution in [0.15, 0.2) is 0 Å². The Morgan fingerprint density at radius 1 is 1.22 bits per heavy atom. The Hall–Kier alpha value is -1.47. The van der Waals surface area contributed by atoms with Gasteiger partial charge in [0.2, 0.25) is 17.7 Å². The Kier molecular flexibility index (Phi) is 6.12. The molecule has 0 bridgehead atoms. The number of likely N-dealkylation sites (tertiary alicyclic amines) is 1. The van der Waals surface area contributed by atoms with Gasteiger partial charge >= 0.3 is 0 Å². The van der Waals surface area contributed by atoms with Crippen LogP contribution < -0.4 is 5.32 Å². The molecule has 0 spiro atoms. The van der Waals surface area contributed by atoms with Gasteiger partial charge in [-0.15, -0.1) is 0 Å². The molecule has 3 atom stereocenters. The van der Waals surface area contributed by atoms with Crippen molar-refractivity contribution in [2.45, 2.75) is 58.3 Å². The fourth-order valence-corrected chi connectivity index (χ4v) is 3.14. The molecule has 2 aliphatic heterocycles. The molecule has 2 heterocycles. The molecule has 0 aliphatic carbocycles. The van der Waals surface area contributed by atoms with Gasteiger partial charge in [0.1, 0.15) is 0 Å². The third-order valence-corrected chi connectivity index (χ3v) is 4.38. The minimum absolute atomic E-state index is 0.126. The zero-order valence-electron chi connectivity index (χ0n) is 14.2. The summed E-state index contributed by atoms with van der Waals surface area (Å²) >= 11 is 0. The van der Waals surface area contributed by atoms with Crippen LogP contribution in [0, 0.1) is 0 Å². The average molecular weight is 325 g/mol. The fraction of sp³-hybridized carbons (Fsp3) is 0.812. The van der Waals surface area contributed by atoms with E-state index in [9.17, 15) is 14.4 Å². The number of rotatable bonds is 6. The predicted molar refractivity (Wildman–Crippen MR) is 84.6 cm³/mol. The number of hydrogen-bond donors (Lipinski definition) is 1. The van der Waals surface area contributed by atoms with Gasteiger partial charge in [0.15, 0.2) is 0 Å². The zero-order chi connectivity index (χ0) is 17.0. The van der Waals surface area contributed by atoms with Gasteiger partial charge in [-0.05, 0) is 20.8 Å². The highest BCUT2D eigenvalue weighted by Crippen LogP contribution is 2.13. The van der Waals surface area contributed by atoms with Crippen molar-refractivity contribution in [2.75, 3.05) is 26.2 Å². The zero-order valence-corrected chi connectivity index (χ0v) is 14.2. The molecule has 3 amide bonds. The summed E-state index contributed by atoms with van der Waals surface area (Å²) in [6, 6.07) is 0.225. The summed E-state index contributed by atoms with van der Waals surface area (Å²) in [6.07, 6.45) is 1.10. The SMILES string of the molecule is C[C@@H]1CN([C@@H](C)CNC(=O)CCN2C(=O)CCC2=O)C[C@H](C)O1. The van der Waals surface area contributed by atoms with E-state index in [2.05, 4.69) is 31.0 Å². The summed E-state index contributed by atoms with van der Waals surface area (Å²) in [4.78, 5) is 38.4. The molecule has 7 nitrogen and oxygen atoms in total. The molecule has 23 heavy (non-hydrogen) atoms. The topological polar surface area (TPSA) is 79.0 Å². The summed E-state index contributed by atoms with van der Waals surface area (Å²) in [5.74, 6) is -0.473. The van der Waals surface area contributed by atoms with E-state index in [0.29, 0.717) is 6.54 Å². The van der Waals surface area contributed by atoms with E-state index < -0.39 is 0 Å². The van der Waals surface area contributed by atoms with Gasteiger partial charge in [-0.25, -0.2) is 0 Å². The second-order valence-electron chi connectivity index (χ2n) is 6.55. The molecule has 0 radical (unpaired) electrons. The van der Waals surface area contributed by atoms with Gasteiger partial charge in [0.05, 0.1) is 12.2 Å². The third kappa shape index (κ3) is 5.00. The van der Waals surface area contributed by atoms with Crippen molar-refractivity contribution in [3.8, 4) is 0 Å². The van der Waals surface area contributed by atoms with Gasteiger partial charge in [-0.1, -0.05) is 0 Å². The molecule has 0 aromatic heterocycles. The van der Waals surface area contributed by atoms with Crippen LogP contribution >= 0.6 is 0 Å². The maximum absolute atomic E-state index is 11.9. The quantitative estimate of drug-likeness (QED) is 0.703. The molecule has 7 heteroatoms. The maximum Gasteiger partial charge on any atom is 0.229 e. The lowest BCUT2D eigenvalue weighted by Crippen LogP contribution is -2.52. The molecular weight excluding hydrogens is 298 g/mol. The standard InChI is InChI=1S/C16H27N3O4/c1-11(18-9-12(2)23-13(3)10-18)8-17-14(20)6-7-19-15(21)4-5-16(19)22/h11-13H,4-10H2,1-3H3,(H,17,20)/t11-,12-,13+/m0/s1. The largest absolute Gasteiger partial charge is 0.373 e. The van der Waals surface area contributed by atoms with Crippen molar-refractivity contribution in [3.63, 3.8) is 0 Å². The molecule has 0 aromatic carbocycles. The Morgan fingerprint density at radius 3 is 2.35 bits per heavy atom. The number of nitrogens with one attached hydrogen (secondary N) is 1. The number of carbonyl (C=O) groups is 3. The predicted octanol–water partition coefficient (Wildman–Crippen LogP) is 0.139. The molecular formula is C16H27N3O4. The van der Waals surface area contributed by atoms with Crippen LogP contribution in [0.3, 0.4) is 0 Å². The first-order valence-electron chi connectivity index (χ1n) is 8.36. The summed E-state index contributed by atoms with van der Waals surface area (Å²) in [6.45, 7) is 8.65. The van der Waals surface area contributed by atoms with Crippen molar-refractivity contribution < 1.29 is 19.1 Å². The highest BCUT2D eigenvalue weighted by atomic mass is 16.5. The first kappa shape index (κ1) is 17.9. The van der Waals surface area contributed by atoms with Crippen LogP contribution in [-0.2, 0) is 19.1 Å². The highest BCUT2D eigenvalue weighted by molar-refractivity contribution is 6.02. The number of nitrogens with zero attached hydrogens (tertiary/aromatic N) is 2. The van der Waals surface area contributed by atoms with Crippen molar-refractivity contribution in [3.05, 3.63) is 0 Å². The number of carbonyl (C=O) groups excluding carboxylic acids is 3. The van der Waals surface area contributed by atoms with Crippen molar-refractivity contribution in [1.29, 1.82) is 0 Å². The molecule has 130 valence electrons. The Balaban J connectivity index is 1.69. The highest BCUT2D eigenvalue weighted by Gasteiger charge is 2.29. The second kappa shape index (κ2) is 7.88. The summed E-state index contributed by atoms with van der Waals surface area (Å²) in [5.41, 5.74) is 0. The number of morpholine rings is 1. The normalized spacial score (nSPS) is 27.3. The number of amides is 3. The fourth-order valence-electron chi connectivity index (χ4n) is 3.14. The lowest BCUT2D eigenvalue weighted by molar-refractivity contribution is -0.138. The maximum atomic E-state index is 11.9. The monoisotopic (exact) mass is 325 g/mol. The number of imide groups is 1. The molecule has 2 rings (SSSR count). The minimum Gasteiger partial charge on any atom is -0.373 e. The van der Waals surface area contributed by atoms with Gasteiger partial charge < -0.3 is 10.1 Å². The Morgan fingerprint density at radius 2 is 1.78 bits per heavy atom. The molecule has 2 fully saturated rings. The first-order chi connectivity index (χ1) is 10.9. The van der Waals surface area contributed by atoms with E-state index in [4.69, 9.17) is 4.74 Å². The van der Waals surface area contributed by atoms with E-state index in [0.717, 1.165) is 13.1 Å². The van der Waals surface area contributed by atoms with Gasteiger partial charge in [-0.3, -0.25) is 24.2 Å². The average Bonchev–Trinajstić information content (AvgIpc) is 2.80. The lowest BCUT2D eigenvalue weighted by atomic mass is 10.1. The summed E-state index contributed by atoms with van der Waals surface area (Å²) in [5, 5.41) is 2.89. The van der Waals surface area contributed by atoms with E-state index in [1.165, 1.54) is 4.90 Å². The van der Waals surface area contributed by atoms with Crippen LogP contribution in [0.4, 0.5) is 0 Å². The molecule has 2 saturated heterocycles. The van der Waals surface area contributed by atoms with Gasteiger partial charge in [0, 0.05) is 51.5 Å². The van der Waals surface area contributed by atoms with Crippen molar-refractivity contribution in [2.24, 2.45) is 0 Å². The van der Waals surface area contributed by atoms with Crippen LogP contribution in [0.2, 0.25) is 0 Å². The minimum atomic E-state index is -0.174. The molecule has 0 unspecified atom stereocenters. The van der Waals surface area contributed by atoms with Crippen molar-refractivity contribution in [1.82, 2.24) is 15.1 Å². The Bertz CT molecular complexity index is 442. The lowest BCUT2D eigenvalue weighted by Gasteiger charge is -2.39. The summed E-state index contributed by atoms with van der Waals surface area (Å²) < 4.78 is 5.71. The van der Waals surface area contributed by atoms with Crippen LogP contribution in [0.1, 0.15) is 40.0 Å². The van der Waals surface area contributed by atoms with Crippen LogP contribution in [0.25, 0.3) is 0 Å². The summed E-state index contributed by atoms with van der Waals surface area (Å²) in [7, 11) is 0. The van der Waals surface area contributed by atoms with E-state index in [-0.39, 0.29) is 61.8 Å². The molecule has 0 aromatic rings. The van der Waals surface area contributed by atoms with Gasteiger partial charge in [0.25, 0.3) is 0 Å². The Labute approximate surface area is 137 Å².